The van der Waals surface area contributed by atoms with Gasteiger partial charge < -0.3 is 15.0 Å². The summed E-state index contributed by atoms with van der Waals surface area (Å²) in [5.74, 6) is 1.70. The maximum atomic E-state index is 12.3. The molecule has 5 heterocycles. The molecule has 2 saturated heterocycles. The Morgan fingerprint density at radius 3 is 2.30 bits per heavy atom. The Bertz CT molecular complexity index is 1650. The second kappa shape index (κ2) is 12.7. The number of carbonyl (C=O) groups is 1. The quantitative estimate of drug-likeness (QED) is 0.292. The molecular weight excluding hydrogens is 594 g/mol. The van der Waals surface area contributed by atoms with Crippen LogP contribution in [0.2, 0.25) is 0 Å². The van der Waals surface area contributed by atoms with Crippen LogP contribution in [0.25, 0.3) is 22.1 Å². The van der Waals surface area contributed by atoms with Gasteiger partial charge in [-0.1, -0.05) is 0 Å². The van der Waals surface area contributed by atoms with E-state index in [9.17, 15) is 13.2 Å². The van der Waals surface area contributed by atoms with Crippen molar-refractivity contribution in [3.05, 3.63) is 53.9 Å². The molecule has 0 atom stereocenters. The molecule has 0 aliphatic carbocycles. The molecular formula is C26H31N11O4S2. The van der Waals surface area contributed by atoms with Crippen molar-refractivity contribution in [2.75, 3.05) is 74.4 Å². The predicted molar refractivity (Wildman–Crippen MR) is 162 cm³/mol. The smallest absolute Gasteiger partial charge is 0.338 e. The molecule has 6 rings (SSSR count). The van der Waals surface area contributed by atoms with E-state index in [-0.39, 0.29) is 0 Å². The molecule has 0 spiro atoms. The average molecular weight is 626 g/mol. The summed E-state index contributed by atoms with van der Waals surface area (Å²) in [5, 5.41) is 10.1. The van der Waals surface area contributed by atoms with Crippen LogP contribution in [0, 0.1) is 0 Å². The molecule has 2 aliphatic heterocycles. The van der Waals surface area contributed by atoms with Crippen molar-refractivity contribution < 1.29 is 17.9 Å². The minimum Gasteiger partial charge on any atom is -0.378 e. The van der Waals surface area contributed by atoms with Crippen LogP contribution in [0.3, 0.4) is 0 Å². The van der Waals surface area contributed by atoms with E-state index in [4.69, 9.17) is 19.7 Å². The van der Waals surface area contributed by atoms with Gasteiger partial charge in [-0.05, 0) is 36.4 Å². The number of aromatic nitrogens is 6. The predicted octanol–water partition coefficient (Wildman–Crippen LogP) is 1.55. The number of thiophene rings is 1. The molecule has 15 nitrogen and oxygen atoms in total. The Kier molecular flexibility index (Phi) is 8.57. The van der Waals surface area contributed by atoms with Gasteiger partial charge in [0.1, 0.15) is 12.7 Å². The van der Waals surface area contributed by atoms with E-state index in [1.165, 1.54) is 27.9 Å². The van der Waals surface area contributed by atoms with E-state index in [0.29, 0.717) is 75.8 Å². The van der Waals surface area contributed by atoms with Crippen LogP contribution in [0.15, 0.2) is 49.1 Å². The Hall–Kier alpha value is -4.03. The third-order valence-electron chi connectivity index (χ3n) is 7.03. The van der Waals surface area contributed by atoms with Gasteiger partial charge in [-0.15, -0.1) is 21.5 Å². The van der Waals surface area contributed by atoms with Crippen LogP contribution in [-0.2, 0) is 21.3 Å². The first kappa shape index (κ1) is 29.1. The lowest BCUT2D eigenvalue weighted by atomic mass is 10.2. The standard InChI is InChI=1S/C26H31N11O4S2/c1-43(39,40)37-10-8-34(9-11-37)16-21-6-7-22(42-21)24-30-23(31-25(32-24)35-12-14-41-15-13-35)19-2-4-20(5-3-19)29-26(38)33-36-17-27-28-18-36/h2-7,17-18H,8-16H2,1H3,(H2,29,33,38). The van der Waals surface area contributed by atoms with E-state index in [2.05, 4.69) is 36.8 Å². The van der Waals surface area contributed by atoms with Crippen molar-refractivity contribution in [3.8, 4) is 22.1 Å². The first-order valence-corrected chi connectivity index (χ1v) is 16.3. The maximum absolute atomic E-state index is 12.3. The SMILES string of the molecule is CS(=O)(=O)N1CCN(Cc2ccc(-c3nc(-c4ccc(NC(=O)Nn5cnnc5)cc4)nc(N4CCOCC4)n3)s2)CC1. The van der Waals surface area contributed by atoms with Gasteiger partial charge in [0, 0.05) is 61.9 Å². The highest BCUT2D eigenvalue weighted by molar-refractivity contribution is 7.88. The van der Waals surface area contributed by atoms with E-state index in [0.717, 1.165) is 21.9 Å². The summed E-state index contributed by atoms with van der Waals surface area (Å²) in [6, 6.07) is 10.9. The van der Waals surface area contributed by atoms with E-state index >= 15 is 0 Å². The molecule has 0 bridgehead atoms. The Balaban J connectivity index is 1.20. The average Bonchev–Trinajstić information content (AvgIpc) is 3.70. The van der Waals surface area contributed by atoms with Crippen LogP contribution < -0.4 is 15.6 Å². The Labute approximate surface area is 252 Å². The highest BCUT2D eigenvalue weighted by Crippen LogP contribution is 2.30. The number of hydrogen-bond donors (Lipinski definition) is 2. The zero-order chi connectivity index (χ0) is 29.8. The number of morpholine rings is 1. The van der Waals surface area contributed by atoms with Crippen molar-refractivity contribution in [1.82, 2.24) is 39.0 Å². The lowest BCUT2D eigenvalue weighted by molar-refractivity contribution is 0.122. The molecule has 226 valence electrons. The van der Waals surface area contributed by atoms with E-state index in [1.807, 2.05) is 18.2 Å². The molecule has 2 N–H and O–H groups in total. The lowest BCUT2D eigenvalue weighted by Crippen LogP contribution is -2.47. The Morgan fingerprint density at radius 2 is 1.60 bits per heavy atom. The van der Waals surface area contributed by atoms with Crippen molar-refractivity contribution in [3.63, 3.8) is 0 Å². The number of carbonyl (C=O) groups excluding carboxylic acids is 1. The number of ether oxygens (including phenoxy) is 1. The molecule has 43 heavy (non-hydrogen) atoms. The number of rotatable bonds is 8. The minimum absolute atomic E-state index is 0.435. The second-order valence-electron chi connectivity index (χ2n) is 10.1. The number of nitrogens with one attached hydrogen (secondary N) is 2. The van der Waals surface area contributed by atoms with Crippen LogP contribution in [0.1, 0.15) is 4.88 Å². The second-order valence-corrected chi connectivity index (χ2v) is 13.2. The van der Waals surface area contributed by atoms with Crippen molar-refractivity contribution in [2.24, 2.45) is 0 Å². The van der Waals surface area contributed by atoms with Crippen molar-refractivity contribution >= 4 is 39.0 Å². The highest BCUT2D eigenvalue weighted by Gasteiger charge is 2.24. The molecule has 0 saturated carbocycles. The maximum Gasteiger partial charge on any atom is 0.338 e. The van der Waals surface area contributed by atoms with Gasteiger partial charge in [-0.2, -0.15) is 14.3 Å². The van der Waals surface area contributed by atoms with Crippen LogP contribution in [-0.4, -0.2) is 112 Å². The summed E-state index contributed by atoms with van der Waals surface area (Å²) in [6.45, 7) is 5.67. The zero-order valence-electron chi connectivity index (χ0n) is 23.5. The number of anilines is 2. The van der Waals surface area contributed by atoms with Gasteiger partial charge >= 0.3 is 6.03 Å². The number of urea groups is 1. The van der Waals surface area contributed by atoms with Gasteiger partial charge in [0.2, 0.25) is 16.0 Å². The van der Waals surface area contributed by atoms with Crippen LogP contribution in [0.4, 0.5) is 16.4 Å². The fraction of sp³-hybridized carbons (Fsp3) is 0.385. The molecule has 3 aromatic heterocycles. The lowest BCUT2D eigenvalue weighted by Gasteiger charge is -2.32. The molecule has 17 heteroatoms. The summed E-state index contributed by atoms with van der Waals surface area (Å²) < 4.78 is 32.1. The number of hydrogen-bond acceptors (Lipinski definition) is 12. The van der Waals surface area contributed by atoms with E-state index < -0.39 is 16.1 Å². The monoisotopic (exact) mass is 625 g/mol. The topological polar surface area (TPSA) is 164 Å². The van der Waals surface area contributed by atoms with Crippen molar-refractivity contribution in [2.45, 2.75) is 6.54 Å². The number of amides is 2. The largest absolute Gasteiger partial charge is 0.378 e. The van der Waals surface area contributed by atoms with Gasteiger partial charge in [0.05, 0.1) is 24.3 Å². The Morgan fingerprint density at radius 1 is 0.907 bits per heavy atom. The third-order valence-corrected chi connectivity index (χ3v) is 9.40. The molecule has 2 amide bonds. The number of nitrogens with zero attached hydrogens (tertiary/aromatic N) is 9. The summed E-state index contributed by atoms with van der Waals surface area (Å²) in [7, 11) is -3.16. The fourth-order valence-corrected chi connectivity index (χ4v) is 6.58. The molecule has 4 aromatic rings. The molecule has 0 radical (unpaired) electrons. The molecule has 2 fully saturated rings. The van der Waals surface area contributed by atoms with Gasteiger partial charge in [0.15, 0.2) is 11.6 Å². The van der Waals surface area contributed by atoms with Gasteiger partial charge in [-0.25, -0.2) is 28.3 Å². The van der Waals surface area contributed by atoms with Crippen LogP contribution >= 0.6 is 11.3 Å². The first-order valence-electron chi connectivity index (χ1n) is 13.7. The molecule has 0 unspecified atom stereocenters. The summed E-state index contributed by atoms with van der Waals surface area (Å²) in [6.07, 6.45) is 4.02. The highest BCUT2D eigenvalue weighted by atomic mass is 32.2. The summed E-state index contributed by atoms with van der Waals surface area (Å²) >= 11 is 1.62. The number of piperazine rings is 1. The number of benzene rings is 1. The first-order chi connectivity index (χ1) is 20.8. The normalized spacial score (nSPS) is 16.7. The third kappa shape index (κ3) is 7.31. The molecule has 2 aliphatic rings. The summed E-state index contributed by atoms with van der Waals surface area (Å²) in [4.78, 5) is 33.2. The van der Waals surface area contributed by atoms with E-state index in [1.54, 1.807) is 23.5 Å². The summed E-state index contributed by atoms with van der Waals surface area (Å²) in [5.41, 5.74) is 3.96. The van der Waals surface area contributed by atoms with Crippen molar-refractivity contribution in [1.29, 1.82) is 0 Å². The fourth-order valence-electron chi connectivity index (χ4n) is 4.77. The van der Waals surface area contributed by atoms with Gasteiger partial charge in [0.25, 0.3) is 0 Å². The van der Waals surface area contributed by atoms with Crippen LogP contribution in [0.5, 0.6) is 0 Å². The minimum atomic E-state index is -3.16. The molecule has 1 aromatic carbocycles. The van der Waals surface area contributed by atoms with Gasteiger partial charge in [-0.3, -0.25) is 4.90 Å². The number of sulfonamides is 1. The zero-order valence-corrected chi connectivity index (χ0v) is 25.1.